The number of rotatable bonds is 8. The maximum atomic E-state index is 11.8. The van der Waals surface area contributed by atoms with Crippen LogP contribution in [0.3, 0.4) is 0 Å². The SMILES string of the molecule is CO[C@H](C)[C@@H](Nc1nc(Nc2ccc(S(C)(=N)=O)cc2)ncc1Br)[C@@H](C)O. The predicted molar refractivity (Wildman–Crippen MR) is 110 cm³/mol. The molecule has 2 aromatic rings. The molecule has 0 radical (unpaired) electrons. The van der Waals surface area contributed by atoms with E-state index in [0.717, 1.165) is 0 Å². The first-order chi connectivity index (χ1) is 12.6. The van der Waals surface area contributed by atoms with E-state index in [2.05, 4.69) is 36.5 Å². The molecule has 0 saturated carbocycles. The molecule has 0 aliphatic heterocycles. The summed E-state index contributed by atoms with van der Waals surface area (Å²) in [4.78, 5) is 9.12. The van der Waals surface area contributed by atoms with Crippen molar-refractivity contribution in [2.75, 3.05) is 24.0 Å². The van der Waals surface area contributed by atoms with Gasteiger partial charge in [0.2, 0.25) is 5.95 Å². The average Bonchev–Trinajstić information content (AvgIpc) is 2.61. The van der Waals surface area contributed by atoms with Crippen LogP contribution < -0.4 is 10.6 Å². The number of anilines is 3. The molecule has 1 aromatic carbocycles. The molecule has 2 rings (SSSR count). The molecule has 0 saturated heterocycles. The molecule has 8 nitrogen and oxygen atoms in total. The smallest absolute Gasteiger partial charge is 0.229 e. The van der Waals surface area contributed by atoms with Gasteiger partial charge in [0.25, 0.3) is 0 Å². The van der Waals surface area contributed by atoms with Crippen LogP contribution in [0.4, 0.5) is 17.5 Å². The zero-order valence-electron chi connectivity index (χ0n) is 15.6. The third kappa shape index (κ3) is 5.86. The number of nitrogens with zero attached hydrogens (tertiary/aromatic N) is 2. The molecular weight excluding hydrogens is 434 g/mol. The Morgan fingerprint density at radius 3 is 2.44 bits per heavy atom. The van der Waals surface area contributed by atoms with Gasteiger partial charge in [-0.25, -0.2) is 14.0 Å². The highest BCUT2D eigenvalue weighted by atomic mass is 79.9. The number of aromatic nitrogens is 2. The first kappa shape index (κ1) is 21.5. The second kappa shape index (κ2) is 8.96. The number of nitrogens with one attached hydrogen (secondary N) is 3. The minimum Gasteiger partial charge on any atom is -0.391 e. The molecule has 1 aromatic heterocycles. The van der Waals surface area contributed by atoms with Crippen molar-refractivity contribution in [3.63, 3.8) is 0 Å². The summed E-state index contributed by atoms with van der Waals surface area (Å²) in [6.07, 6.45) is 2.10. The Morgan fingerprint density at radius 2 is 1.93 bits per heavy atom. The van der Waals surface area contributed by atoms with E-state index in [9.17, 15) is 9.32 Å². The van der Waals surface area contributed by atoms with Crippen molar-refractivity contribution in [3.8, 4) is 0 Å². The molecule has 1 heterocycles. The molecule has 10 heteroatoms. The summed E-state index contributed by atoms with van der Waals surface area (Å²) >= 11 is 3.41. The average molecular weight is 458 g/mol. The number of hydrogen-bond donors (Lipinski definition) is 4. The molecule has 0 fully saturated rings. The Morgan fingerprint density at radius 1 is 1.30 bits per heavy atom. The largest absolute Gasteiger partial charge is 0.391 e. The van der Waals surface area contributed by atoms with Gasteiger partial charge in [0.15, 0.2) is 0 Å². The number of benzene rings is 1. The Kier molecular flexibility index (Phi) is 7.15. The summed E-state index contributed by atoms with van der Waals surface area (Å²) < 4.78 is 25.3. The lowest BCUT2D eigenvalue weighted by Crippen LogP contribution is -2.42. The number of methoxy groups -OCH3 is 1. The Hall–Kier alpha value is -1.75. The lowest BCUT2D eigenvalue weighted by molar-refractivity contribution is 0.0498. The molecule has 4 N–H and O–H groups in total. The molecule has 1 unspecified atom stereocenters. The Labute approximate surface area is 167 Å². The van der Waals surface area contributed by atoms with Crippen molar-refractivity contribution in [2.24, 2.45) is 0 Å². The van der Waals surface area contributed by atoms with E-state index < -0.39 is 15.8 Å². The van der Waals surface area contributed by atoms with Crippen molar-refractivity contribution in [3.05, 3.63) is 34.9 Å². The minimum absolute atomic E-state index is 0.232. The van der Waals surface area contributed by atoms with Crippen molar-refractivity contribution in [2.45, 2.75) is 37.0 Å². The van der Waals surface area contributed by atoms with Gasteiger partial charge in [-0.2, -0.15) is 4.98 Å². The maximum absolute atomic E-state index is 11.8. The lowest BCUT2D eigenvalue weighted by Gasteiger charge is -2.27. The van der Waals surface area contributed by atoms with Gasteiger partial charge < -0.3 is 20.5 Å². The highest BCUT2D eigenvalue weighted by Crippen LogP contribution is 2.24. The van der Waals surface area contributed by atoms with Crippen LogP contribution in [0.2, 0.25) is 0 Å². The van der Waals surface area contributed by atoms with E-state index in [1.807, 2.05) is 6.92 Å². The third-order valence-electron chi connectivity index (χ3n) is 4.00. The second-order valence-electron chi connectivity index (χ2n) is 6.23. The van der Waals surface area contributed by atoms with Gasteiger partial charge in [-0.05, 0) is 54.0 Å². The van der Waals surface area contributed by atoms with Crippen LogP contribution in [0.5, 0.6) is 0 Å². The van der Waals surface area contributed by atoms with E-state index in [1.165, 1.54) is 6.26 Å². The molecule has 27 heavy (non-hydrogen) atoms. The third-order valence-corrected chi connectivity index (χ3v) is 5.76. The van der Waals surface area contributed by atoms with Gasteiger partial charge in [-0.1, -0.05) is 0 Å². The first-order valence-electron chi connectivity index (χ1n) is 8.22. The zero-order chi connectivity index (χ0) is 20.2. The highest BCUT2D eigenvalue weighted by molar-refractivity contribution is 9.10. The number of halogens is 1. The molecule has 0 aliphatic carbocycles. The monoisotopic (exact) mass is 457 g/mol. The summed E-state index contributed by atoms with van der Waals surface area (Å²) in [7, 11) is -1.17. The van der Waals surface area contributed by atoms with Gasteiger partial charge in [-0.15, -0.1) is 0 Å². The van der Waals surface area contributed by atoms with Crippen molar-refractivity contribution < 1.29 is 14.1 Å². The van der Waals surface area contributed by atoms with Crippen LogP contribution in [-0.4, -0.2) is 50.9 Å². The van der Waals surface area contributed by atoms with Crippen molar-refractivity contribution in [1.82, 2.24) is 9.97 Å². The number of ether oxygens (including phenoxy) is 1. The van der Waals surface area contributed by atoms with Gasteiger partial charge in [0, 0.05) is 30.1 Å². The normalized spacial score (nSPS) is 16.8. The summed E-state index contributed by atoms with van der Waals surface area (Å²) in [5.74, 6) is 0.868. The van der Waals surface area contributed by atoms with Crippen LogP contribution in [0.1, 0.15) is 13.8 Å². The lowest BCUT2D eigenvalue weighted by atomic mass is 10.1. The van der Waals surface area contributed by atoms with E-state index in [-0.39, 0.29) is 12.1 Å². The van der Waals surface area contributed by atoms with Crippen LogP contribution in [0.15, 0.2) is 39.8 Å². The first-order valence-corrected chi connectivity index (χ1v) is 11.0. The van der Waals surface area contributed by atoms with Gasteiger partial charge in [-0.3, -0.25) is 0 Å². The number of aliphatic hydroxyl groups is 1. The fraction of sp³-hybridized carbons (Fsp3) is 0.412. The molecule has 0 aliphatic rings. The molecule has 0 amide bonds. The topological polar surface area (TPSA) is 120 Å². The molecule has 0 bridgehead atoms. The Bertz CT molecular complexity index is 875. The summed E-state index contributed by atoms with van der Waals surface area (Å²) in [5.41, 5.74) is 0.702. The molecule has 0 spiro atoms. The standard InChI is InChI=1S/C17H24BrN5O3S/c1-10(24)15(11(2)26-3)22-16-14(18)9-20-17(23-16)21-12-5-7-13(8-6-12)27(4,19)25/h5-11,15,19,24H,1-4H3,(H2,20,21,22,23)/t10-,11-,15+,27?/m1/s1. The Balaban J connectivity index is 2.21. The number of aliphatic hydroxyl groups excluding tert-OH is 1. The van der Waals surface area contributed by atoms with E-state index >= 15 is 0 Å². The van der Waals surface area contributed by atoms with Crippen molar-refractivity contribution >= 4 is 43.1 Å². The van der Waals surface area contributed by atoms with Crippen LogP contribution >= 0.6 is 15.9 Å². The maximum Gasteiger partial charge on any atom is 0.229 e. The summed E-state index contributed by atoms with van der Waals surface area (Å²) in [6, 6.07) is 6.36. The number of hydrogen-bond acceptors (Lipinski definition) is 8. The second-order valence-corrected chi connectivity index (χ2v) is 9.25. The zero-order valence-corrected chi connectivity index (χ0v) is 18.0. The fourth-order valence-electron chi connectivity index (χ4n) is 2.39. The fourth-order valence-corrected chi connectivity index (χ4v) is 3.35. The molecular formula is C17H24BrN5O3S. The van der Waals surface area contributed by atoms with Crippen LogP contribution in [0.25, 0.3) is 0 Å². The van der Waals surface area contributed by atoms with E-state index in [0.29, 0.717) is 26.8 Å². The van der Waals surface area contributed by atoms with E-state index in [4.69, 9.17) is 9.52 Å². The molecule has 4 atom stereocenters. The van der Waals surface area contributed by atoms with E-state index in [1.54, 1.807) is 44.5 Å². The highest BCUT2D eigenvalue weighted by Gasteiger charge is 2.23. The quantitative estimate of drug-likeness (QED) is 0.480. The van der Waals surface area contributed by atoms with Gasteiger partial charge in [0.1, 0.15) is 5.82 Å². The summed E-state index contributed by atoms with van der Waals surface area (Å²) in [6.45, 7) is 3.54. The minimum atomic E-state index is -2.75. The summed E-state index contributed by atoms with van der Waals surface area (Å²) in [5, 5.41) is 16.2. The van der Waals surface area contributed by atoms with Crippen molar-refractivity contribution in [1.29, 1.82) is 4.78 Å². The van der Waals surface area contributed by atoms with Crippen LogP contribution in [0, 0.1) is 4.78 Å². The van der Waals surface area contributed by atoms with Crippen LogP contribution in [-0.2, 0) is 14.5 Å². The predicted octanol–water partition coefficient (Wildman–Crippen LogP) is 3.21. The molecule has 148 valence electrons. The van der Waals surface area contributed by atoms with Gasteiger partial charge >= 0.3 is 0 Å². The van der Waals surface area contributed by atoms with Gasteiger partial charge in [0.05, 0.1) is 32.5 Å².